The van der Waals surface area contributed by atoms with Crippen LogP contribution in [0.2, 0.25) is 5.02 Å². The first-order valence-electron chi connectivity index (χ1n) is 9.77. The highest BCUT2D eigenvalue weighted by Crippen LogP contribution is 2.38. The van der Waals surface area contributed by atoms with E-state index in [1.54, 1.807) is 12.1 Å². The molecular formula is C21H19ClF3N5O2. The van der Waals surface area contributed by atoms with Crippen molar-refractivity contribution in [2.24, 2.45) is 5.73 Å². The first-order chi connectivity index (χ1) is 15.2. The highest BCUT2D eigenvalue weighted by molar-refractivity contribution is 6.31. The zero-order chi connectivity index (χ0) is 23.0. The minimum Gasteiger partial charge on any atom is -0.366 e. The smallest absolute Gasteiger partial charge is 0.366 e. The van der Waals surface area contributed by atoms with Gasteiger partial charge in [-0.15, -0.1) is 0 Å². The van der Waals surface area contributed by atoms with Crippen molar-refractivity contribution in [3.8, 4) is 0 Å². The molecule has 0 aliphatic carbocycles. The number of carbonyl (C=O) groups is 1. The Labute approximate surface area is 186 Å². The molecule has 1 fully saturated rings. The molecule has 0 bridgehead atoms. The van der Waals surface area contributed by atoms with Crippen molar-refractivity contribution >= 4 is 34.2 Å². The number of benzene rings is 2. The fraction of sp³-hybridized carbons (Fsp3) is 0.286. The van der Waals surface area contributed by atoms with Crippen molar-refractivity contribution < 1.29 is 23.2 Å². The Hall–Kier alpha value is -2.95. The lowest BCUT2D eigenvalue weighted by atomic mass is 10.0. The third-order valence-corrected chi connectivity index (χ3v) is 5.81. The lowest BCUT2D eigenvalue weighted by molar-refractivity contribution is -0.137. The molecule has 1 saturated heterocycles. The number of primary amides is 1. The SMILES string of the molecule is NC(=O)c1cccc2c(N(O)[C@H](CN3CCC3)c3ccc(Cl)c(C(F)(F)F)c3)ncnc12. The summed E-state index contributed by atoms with van der Waals surface area (Å²) in [7, 11) is 0. The predicted molar refractivity (Wildman–Crippen MR) is 113 cm³/mol. The number of halogens is 4. The number of aromatic nitrogens is 2. The van der Waals surface area contributed by atoms with Gasteiger partial charge in [-0.2, -0.15) is 13.2 Å². The molecule has 7 nitrogen and oxygen atoms in total. The number of nitrogens with two attached hydrogens (primary N) is 1. The molecule has 3 N–H and O–H groups in total. The van der Waals surface area contributed by atoms with E-state index in [0.717, 1.165) is 37.0 Å². The second kappa shape index (κ2) is 8.53. The molecule has 0 radical (unpaired) electrons. The number of amides is 1. The summed E-state index contributed by atoms with van der Waals surface area (Å²) in [5.41, 5.74) is 5.03. The predicted octanol–water partition coefficient (Wildman–Crippen LogP) is 4.04. The molecule has 1 aromatic heterocycles. The number of fused-ring (bicyclic) bond motifs is 1. The van der Waals surface area contributed by atoms with Crippen molar-refractivity contribution in [2.45, 2.75) is 18.6 Å². The Morgan fingerprint density at radius 2 is 2.00 bits per heavy atom. The van der Waals surface area contributed by atoms with Gasteiger partial charge in [0.15, 0.2) is 5.82 Å². The van der Waals surface area contributed by atoms with Crippen LogP contribution in [-0.4, -0.2) is 45.6 Å². The average Bonchev–Trinajstić information content (AvgIpc) is 2.71. The van der Waals surface area contributed by atoms with Crippen LogP contribution in [0.15, 0.2) is 42.7 Å². The Balaban J connectivity index is 1.82. The molecule has 0 unspecified atom stereocenters. The van der Waals surface area contributed by atoms with Gasteiger partial charge in [0, 0.05) is 11.9 Å². The van der Waals surface area contributed by atoms with E-state index in [4.69, 9.17) is 17.3 Å². The van der Waals surface area contributed by atoms with Crippen LogP contribution in [0.3, 0.4) is 0 Å². The number of rotatable bonds is 6. The zero-order valence-corrected chi connectivity index (χ0v) is 17.4. The highest BCUT2D eigenvalue weighted by Gasteiger charge is 2.35. The van der Waals surface area contributed by atoms with Crippen LogP contribution < -0.4 is 10.8 Å². The van der Waals surface area contributed by atoms with Gasteiger partial charge >= 0.3 is 6.18 Å². The zero-order valence-electron chi connectivity index (χ0n) is 16.7. The minimum atomic E-state index is -4.65. The van der Waals surface area contributed by atoms with Crippen LogP contribution in [0.4, 0.5) is 19.0 Å². The number of hydroxylamine groups is 1. The molecule has 0 saturated carbocycles. The van der Waals surface area contributed by atoms with Crippen LogP contribution in [0, 0.1) is 0 Å². The van der Waals surface area contributed by atoms with Gasteiger partial charge in [-0.05, 0) is 49.3 Å². The Morgan fingerprint density at radius 1 is 1.25 bits per heavy atom. The van der Waals surface area contributed by atoms with Gasteiger partial charge in [0.1, 0.15) is 6.33 Å². The molecule has 1 atom stereocenters. The third-order valence-electron chi connectivity index (χ3n) is 5.48. The molecule has 1 aliphatic rings. The number of likely N-dealkylation sites (tertiary alicyclic amines) is 1. The quantitative estimate of drug-likeness (QED) is 0.533. The van der Waals surface area contributed by atoms with Gasteiger partial charge in [-0.3, -0.25) is 10.0 Å². The number of carbonyl (C=O) groups excluding carboxylic acids is 1. The number of nitrogens with zero attached hydrogens (tertiary/aromatic N) is 4. The highest BCUT2D eigenvalue weighted by atomic mass is 35.5. The lowest BCUT2D eigenvalue weighted by Crippen LogP contribution is -2.44. The molecule has 0 spiro atoms. The number of hydrogen-bond acceptors (Lipinski definition) is 6. The summed E-state index contributed by atoms with van der Waals surface area (Å²) in [5, 5.41) is 11.9. The second-order valence-corrected chi connectivity index (χ2v) is 7.92. The molecule has 32 heavy (non-hydrogen) atoms. The molecule has 1 aliphatic heterocycles. The van der Waals surface area contributed by atoms with E-state index in [9.17, 15) is 23.2 Å². The fourth-order valence-electron chi connectivity index (χ4n) is 3.70. The van der Waals surface area contributed by atoms with Gasteiger partial charge < -0.3 is 10.6 Å². The van der Waals surface area contributed by atoms with E-state index in [1.165, 1.54) is 18.2 Å². The Bertz CT molecular complexity index is 1170. The van der Waals surface area contributed by atoms with E-state index in [0.29, 0.717) is 5.39 Å². The van der Waals surface area contributed by atoms with Crippen LogP contribution in [-0.2, 0) is 6.18 Å². The number of alkyl halides is 3. The first-order valence-corrected chi connectivity index (χ1v) is 10.1. The fourth-order valence-corrected chi connectivity index (χ4v) is 3.93. The van der Waals surface area contributed by atoms with Crippen molar-refractivity contribution in [1.29, 1.82) is 0 Å². The summed E-state index contributed by atoms with van der Waals surface area (Å²) in [6.07, 6.45) is -2.52. The van der Waals surface area contributed by atoms with Gasteiger partial charge in [0.25, 0.3) is 5.91 Å². The number of hydrogen-bond donors (Lipinski definition) is 2. The van der Waals surface area contributed by atoms with Crippen molar-refractivity contribution in [3.05, 3.63) is 64.4 Å². The Kier molecular flexibility index (Phi) is 5.93. The molecule has 2 heterocycles. The van der Waals surface area contributed by atoms with Crippen LogP contribution in [0.25, 0.3) is 10.9 Å². The monoisotopic (exact) mass is 465 g/mol. The number of para-hydroxylation sites is 1. The standard InChI is InChI=1S/C21H19ClF3N5O2/c22-16-6-5-12(9-15(16)21(23,24)25)17(10-29-7-2-8-29)30(32)20-14-4-1-3-13(19(26)31)18(14)27-11-28-20/h1,3-6,9,11,17,32H,2,7-8,10H2,(H2,26,31)/t17-/m1/s1. The lowest BCUT2D eigenvalue weighted by Gasteiger charge is -2.37. The topological polar surface area (TPSA) is 95.6 Å². The summed E-state index contributed by atoms with van der Waals surface area (Å²) < 4.78 is 40.3. The first kappa shape index (κ1) is 22.3. The maximum absolute atomic E-state index is 13.4. The summed E-state index contributed by atoms with van der Waals surface area (Å²) >= 11 is 5.78. The molecule has 168 valence electrons. The molecule has 2 aromatic carbocycles. The van der Waals surface area contributed by atoms with Crippen molar-refractivity contribution in [3.63, 3.8) is 0 Å². The van der Waals surface area contributed by atoms with Crippen LogP contribution in [0.1, 0.15) is 33.9 Å². The van der Waals surface area contributed by atoms with Crippen molar-refractivity contribution in [2.75, 3.05) is 24.7 Å². The maximum Gasteiger partial charge on any atom is 0.417 e. The molecule has 11 heteroatoms. The summed E-state index contributed by atoms with van der Waals surface area (Å²) in [5.74, 6) is -0.651. The summed E-state index contributed by atoms with van der Waals surface area (Å²) in [6.45, 7) is 1.79. The van der Waals surface area contributed by atoms with Gasteiger partial charge in [0.05, 0.1) is 27.7 Å². The van der Waals surface area contributed by atoms with E-state index >= 15 is 0 Å². The third kappa shape index (κ3) is 4.21. The Morgan fingerprint density at radius 3 is 2.62 bits per heavy atom. The normalized spacial score (nSPS) is 15.4. The average molecular weight is 466 g/mol. The molecule has 3 aromatic rings. The van der Waals surface area contributed by atoms with Crippen LogP contribution >= 0.6 is 11.6 Å². The van der Waals surface area contributed by atoms with E-state index in [1.807, 2.05) is 4.90 Å². The van der Waals surface area contributed by atoms with E-state index in [2.05, 4.69) is 9.97 Å². The van der Waals surface area contributed by atoms with Gasteiger partial charge in [-0.25, -0.2) is 15.0 Å². The molecular weight excluding hydrogens is 447 g/mol. The van der Waals surface area contributed by atoms with Crippen molar-refractivity contribution in [1.82, 2.24) is 14.9 Å². The number of anilines is 1. The molecule has 4 rings (SSSR count). The van der Waals surface area contributed by atoms with Gasteiger partial charge in [-0.1, -0.05) is 23.7 Å². The summed E-state index contributed by atoms with van der Waals surface area (Å²) in [4.78, 5) is 22.0. The van der Waals surface area contributed by atoms with E-state index in [-0.39, 0.29) is 29.0 Å². The maximum atomic E-state index is 13.4. The van der Waals surface area contributed by atoms with Gasteiger partial charge in [0.2, 0.25) is 0 Å². The van der Waals surface area contributed by atoms with Crippen LogP contribution in [0.5, 0.6) is 0 Å². The minimum absolute atomic E-state index is 0.0483. The van der Waals surface area contributed by atoms with E-state index < -0.39 is 28.7 Å². The molecule has 1 amide bonds. The largest absolute Gasteiger partial charge is 0.417 e. The second-order valence-electron chi connectivity index (χ2n) is 7.51. The summed E-state index contributed by atoms with van der Waals surface area (Å²) in [6, 6.07) is 7.33.